The Bertz CT molecular complexity index is 859. The smallest absolute Gasteiger partial charge is 0.251 e. The van der Waals surface area contributed by atoms with Crippen molar-refractivity contribution in [2.45, 2.75) is 45.4 Å². The van der Waals surface area contributed by atoms with Gasteiger partial charge in [0.25, 0.3) is 5.91 Å². The molecule has 31 heavy (non-hydrogen) atoms. The second kappa shape index (κ2) is 11.0. The predicted octanol–water partition coefficient (Wildman–Crippen LogP) is 3.45. The van der Waals surface area contributed by atoms with Crippen molar-refractivity contribution >= 4 is 17.5 Å². The van der Waals surface area contributed by atoms with Crippen molar-refractivity contribution in [1.29, 1.82) is 0 Å². The Hall–Kier alpha value is -2.09. The molecule has 0 spiro atoms. The number of rotatable bonds is 9. The van der Waals surface area contributed by atoms with Crippen molar-refractivity contribution in [3.63, 3.8) is 0 Å². The van der Waals surface area contributed by atoms with Crippen molar-refractivity contribution in [3.05, 3.63) is 46.7 Å². The van der Waals surface area contributed by atoms with Crippen LogP contribution in [0, 0.1) is 0 Å². The number of nitrogens with zero attached hydrogens (tertiary/aromatic N) is 4. The molecule has 1 aliphatic heterocycles. The number of ether oxygens (including phenoxy) is 1. The Labute approximate surface area is 190 Å². The molecule has 170 valence electrons. The molecule has 1 aromatic heterocycles. The van der Waals surface area contributed by atoms with Crippen LogP contribution >= 0.6 is 11.6 Å². The SMILES string of the molecule is CC(C)n1cc(CN2CCC(Oc3ccc(C(=O)NCCN(C)C)cc3Cl)CC2)cn1. The fraction of sp³-hybridized carbons (Fsp3) is 0.565. The molecule has 1 fully saturated rings. The molecule has 2 heterocycles. The van der Waals surface area contributed by atoms with Crippen LogP contribution in [0.2, 0.25) is 5.02 Å². The van der Waals surface area contributed by atoms with Gasteiger partial charge in [-0.2, -0.15) is 5.10 Å². The molecule has 2 aromatic rings. The average molecular weight is 448 g/mol. The number of hydrogen-bond donors (Lipinski definition) is 1. The van der Waals surface area contributed by atoms with Gasteiger partial charge < -0.3 is 15.0 Å². The third-order valence-electron chi connectivity index (χ3n) is 5.46. The molecule has 8 heteroatoms. The van der Waals surface area contributed by atoms with Crippen molar-refractivity contribution in [2.75, 3.05) is 40.3 Å². The Kier molecular flexibility index (Phi) is 8.35. The molecular formula is C23H34ClN5O2. The molecule has 1 amide bonds. The van der Waals surface area contributed by atoms with E-state index in [0.29, 0.717) is 28.9 Å². The summed E-state index contributed by atoms with van der Waals surface area (Å²) >= 11 is 6.41. The minimum absolute atomic E-state index is 0.121. The number of hydrogen-bond acceptors (Lipinski definition) is 5. The number of halogens is 1. The van der Waals surface area contributed by atoms with Gasteiger partial charge in [-0.15, -0.1) is 0 Å². The van der Waals surface area contributed by atoms with Gasteiger partial charge in [0, 0.05) is 56.1 Å². The Balaban J connectivity index is 1.47. The lowest BCUT2D eigenvalue weighted by Gasteiger charge is -2.32. The molecule has 0 atom stereocenters. The third-order valence-corrected chi connectivity index (χ3v) is 5.75. The zero-order valence-electron chi connectivity index (χ0n) is 19.0. The quantitative estimate of drug-likeness (QED) is 0.637. The van der Waals surface area contributed by atoms with Crippen LogP contribution in [0.4, 0.5) is 0 Å². The normalized spacial score (nSPS) is 15.6. The van der Waals surface area contributed by atoms with Crippen LogP contribution in [0.25, 0.3) is 0 Å². The fourth-order valence-electron chi connectivity index (χ4n) is 3.60. The van der Waals surface area contributed by atoms with Gasteiger partial charge in [0.1, 0.15) is 11.9 Å². The van der Waals surface area contributed by atoms with E-state index in [4.69, 9.17) is 16.3 Å². The molecular weight excluding hydrogens is 414 g/mol. The minimum Gasteiger partial charge on any atom is -0.489 e. The average Bonchev–Trinajstić information content (AvgIpc) is 3.19. The van der Waals surface area contributed by atoms with Crippen LogP contribution in [0.15, 0.2) is 30.6 Å². The third kappa shape index (κ3) is 6.95. The van der Waals surface area contributed by atoms with Gasteiger partial charge in [0.2, 0.25) is 0 Å². The van der Waals surface area contributed by atoms with E-state index >= 15 is 0 Å². The van der Waals surface area contributed by atoms with Gasteiger partial charge in [-0.3, -0.25) is 14.4 Å². The van der Waals surface area contributed by atoms with Gasteiger partial charge in [0.15, 0.2) is 0 Å². The minimum atomic E-state index is -0.121. The second-order valence-corrected chi connectivity index (χ2v) is 9.13. The first-order valence-electron chi connectivity index (χ1n) is 11.0. The molecule has 1 N–H and O–H groups in total. The molecule has 0 bridgehead atoms. The lowest BCUT2D eigenvalue weighted by atomic mass is 10.1. The topological polar surface area (TPSA) is 62.6 Å². The zero-order chi connectivity index (χ0) is 22.4. The lowest BCUT2D eigenvalue weighted by molar-refractivity contribution is 0.0948. The van der Waals surface area contributed by atoms with E-state index in [1.165, 1.54) is 5.56 Å². The van der Waals surface area contributed by atoms with E-state index in [-0.39, 0.29) is 12.0 Å². The fourth-order valence-corrected chi connectivity index (χ4v) is 3.82. The maximum absolute atomic E-state index is 12.3. The van der Waals surface area contributed by atoms with Crippen LogP contribution in [-0.2, 0) is 6.54 Å². The van der Waals surface area contributed by atoms with Crippen molar-refractivity contribution in [2.24, 2.45) is 0 Å². The van der Waals surface area contributed by atoms with Gasteiger partial charge in [0.05, 0.1) is 11.2 Å². The number of amides is 1. The van der Waals surface area contributed by atoms with Gasteiger partial charge in [-0.05, 0) is 59.0 Å². The molecule has 0 saturated carbocycles. The zero-order valence-corrected chi connectivity index (χ0v) is 19.7. The van der Waals surface area contributed by atoms with Crippen molar-refractivity contribution < 1.29 is 9.53 Å². The van der Waals surface area contributed by atoms with E-state index in [1.807, 2.05) is 29.9 Å². The second-order valence-electron chi connectivity index (χ2n) is 8.72. The summed E-state index contributed by atoms with van der Waals surface area (Å²) in [5, 5.41) is 7.80. The van der Waals surface area contributed by atoms with E-state index in [1.54, 1.807) is 18.2 Å². The van der Waals surface area contributed by atoms with Crippen LogP contribution < -0.4 is 10.1 Å². The van der Waals surface area contributed by atoms with Crippen LogP contribution in [0.3, 0.4) is 0 Å². The first kappa shape index (κ1) is 23.6. The highest BCUT2D eigenvalue weighted by molar-refractivity contribution is 6.32. The number of aromatic nitrogens is 2. The summed E-state index contributed by atoms with van der Waals surface area (Å²) in [6.07, 6.45) is 6.11. The van der Waals surface area contributed by atoms with Gasteiger partial charge >= 0.3 is 0 Å². The summed E-state index contributed by atoms with van der Waals surface area (Å²) in [6, 6.07) is 5.64. The van der Waals surface area contributed by atoms with E-state index in [9.17, 15) is 4.79 Å². The van der Waals surface area contributed by atoms with Gasteiger partial charge in [-0.1, -0.05) is 11.6 Å². The Morgan fingerprint density at radius 2 is 2.06 bits per heavy atom. The van der Waals surface area contributed by atoms with Crippen LogP contribution in [-0.4, -0.2) is 71.9 Å². The summed E-state index contributed by atoms with van der Waals surface area (Å²) in [5.74, 6) is 0.521. The summed E-state index contributed by atoms with van der Waals surface area (Å²) in [4.78, 5) is 16.7. The molecule has 1 saturated heterocycles. The summed E-state index contributed by atoms with van der Waals surface area (Å²) in [7, 11) is 3.94. The van der Waals surface area contributed by atoms with Crippen molar-refractivity contribution in [1.82, 2.24) is 24.9 Å². The Morgan fingerprint density at radius 1 is 1.32 bits per heavy atom. The number of benzene rings is 1. The number of carbonyl (C=O) groups is 1. The molecule has 7 nitrogen and oxygen atoms in total. The highest BCUT2D eigenvalue weighted by atomic mass is 35.5. The molecule has 3 rings (SSSR count). The number of likely N-dealkylation sites (N-methyl/N-ethyl adjacent to an activating group) is 1. The monoisotopic (exact) mass is 447 g/mol. The molecule has 1 aromatic carbocycles. The molecule has 0 radical (unpaired) electrons. The number of piperidine rings is 1. The Morgan fingerprint density at radius 3 is 2.68 bits per heavy atom. The summed E-state index contributed by atoms with van der Waals surface area (Å²) in [5.41, 5.74) is 1.79. The first-order chi connectivity index (χ1) is 14.8. The molecule has 0 unspecified atom stereocenters. The van der Waals surface area contributed by atoms with E-state index < -0.39 is 0 Å². The molecule has 1 aliphatic rings. The van der Waals surface area contributed by atoms with E-state index in [0.717, 1.165) is 39.0 Å². The summed E-state index contributed by atoms with van der Waals surface area (Å²) < 4.78 is 8.15. The first-order valence-corrected chi connectivity index (χ1v) is 11.3. The molecule has 0 aliphatic carbocycles. The summed E-state index contributed by atoms with van der Waals surface area (Å²) in [6.45, 7) is 8.52. The maximum atomic E-state index is 12.3. The maximum Gasteiger partial charge on any atom is 0.251 e. The number of likely N-dealkylation sites (tertiary alicyclic amines) is 1. The number of carbonyl (C=O) groups excluding carboxylic acids is 1. The lowest BCUT2D eigenvalue weighted by Crippen LogP contribution is -2.37. The highest BCUT2D eigenvalue weighted by Gasteiger charge is 2.22. The standard InChI is InChI=1S/C23H34ClN5O2/c1-17(2)29-16-18(14-26-29)15-28-10-7-20(8-11-28)31-22-6-5-19(13-21(22)24)23(30)25-9-12-27(3)4/h5-6,13-14,16-17,20H,7-12,15H2,1-4H3,(H,25,30). The van der Waals surface area contributed by atoms with Crippen LogP contribution in [0.5, 0.6) is 5.75 Å². The number of nitrogens with one attached hydrogen (secondary N) is 1. The van der Waals surface area contributed by atoms with Crippen LogP contribution in [0.1, 0.15) is 48.7 Å². The van der Waals surface area contributed by atoms with Gasteiger partial charge in [-0.25, -0.2) is 0 Å². The predicted molar refractivity (Wildman–Crippen MR) is 124 cm³/mol. The van der Waals surface area contributed by atoms with Crippen molar-refractivity contribution in [3.8, 4) is 5.75 Å². The highest BCUT2D eigenvalue weighted by Crippen LogP contribution is 2.28. The largest absolute Gasteiger partial charge is 0.489 e. The van der Waals surface area contributed by atoms with E-state index in [2.05, 4.69) is 35.4 Å².